The van der Waals surface area contributed by atoms with Crippen molar-refractivity contribution < 1.29 is 19.1 Å². The quantitative estimate of drug-likeness (QED) is 0.478. The number of rotatable bonds is 6. The Kier molecular flexibility index (Phi) is 6.11. The molecule has 2 aromatic carbocycles. The fraction of sp³-hybridized carbons (Fsp3) is 0.190. The summed E-state index contributed by atoms with van der Waals surface area (Å²) in [6.07, 6.45) is -0.944. The largest absolute Gasteiger partial charge is 0.453 e. The van der Waals surface area contributed by atoms with Gasteiger partial charge in [0.15, 0.2) is 6.10 Å². The molecular formula is C21H18ClNO4S. The number of halogens is 1. The van der Waals surface area contributed by atoms with E-state index in [4.69, 9.17) is 16.3 Å². The van der Waals surface area contributed by atoms with Gasteiger partial charge in [-0.25, -0.2) is 0 Å². The van der Waals surface area contributed by atoms with Gasteiger partial charge in [0.1, 0.15) is 11.4 Å². The fourth-order valence-electron chi connectivity index (χ4n) is 2.64. The van der Waals surface area contributed by atoms with Crippen LogP contribution in [0.4, 0.5) is 0 Å². The molecule has 3 aromatic rings. The van der Waals surface area contributed by atoms with E-state index >= 15 is 0 Å². The van der Waals surface area contributed by atoms with Crippen LogP contribution in [0.5, 0.6) is 0 Å². The molecule has 1 N–H and O–H groups in total. The van der Waals surface area contributed by atoms with E-state index in [-0.39, 0.29) is 12.3 Å². The van der Waals surface area contributed by atoms with E-state index in [2.05, 4.69) is 5.32 Å². The number of hydrogen-bond acceptors (Lipinski definition) is 5. The van der Waals surface area contributed by atoms with Crippen molar-refractivity contribution in [3.05, 3.63) is 69.6 Å². The number of fused-ring (bicyclic) bond motifs is 1. The minimum Gasteiger partial charge on any atom is -0.453 e. The first-order chi connectivity index (χ1) is 13.4. The molecule has 0 fully saturated rings. The lowest BCUT2D eigenvalue weighted by Gasteiger charge is -2.13. The van der Waals surface area contributed by atoms with Gasteiger partial charge in [-0.3, -0.25) is 14.4 Å². The minimum absolute atomic E-state index is 0.299. The van der Waals surface area contributed by atoms with Gasteiger partial charge >= 0.3 is 5.97 Å². The highest BCUT2D eigenvalue weighted by atomic mass is 35.5. The number of benzene rings is 2. The number of amides is 1. The Morgan fingerprint density at radius 2 is 1.79 bits per heavy atom. The molecule has 144 valence electrons. The lowest BCUT2D eigenvalue weighted by Crippen LogP contribution is -2.33. The molecule has 1 amide bonds. The van der Waals surface area contributed by atoms with Crippen LogP contribution >= 0.6 is 22.9 Å². The molecule has 3 rings (SSSR count). The predicted molar refractivity (Wildman–Crippen MR) is 110 cm³/mol. The molecule has 5 nitrogen and oxygen atoms in total. The molecule has 0 saturated heterocycles. The van der Waals surface area contributed by atoms with Crippen LogP contribution in [0.25, 0.3) is 10.1 Å². The highest BCUT2D eigenvalue weighted by Crippen LogP contribution is 2.34. The number of Topliss-reactive ketones (excluding diaryl/α,β-unsaturated/α-hetero) is 1. The van der Waals surface area contributed by atoms with Gasteiger partial charge in [0.2, 0.25) is 5.78 Å². The van der Waals surface area contributed by atoms with Crippen LogP contribution in [0, 0.1) is 6.92 Å². The summed E-state index contributed by atoms with van der Waals surface area (Å²) in [5.41, 5.74) is 1.50. The van der Waals surface area contributed by atoms with Crippen molar-refractivity contribution in [2.24, 2.45) is 0 Å². The Bertz CT molecular complexity index is 1040. The number of ether oxygens (including phenoxy) is 1. The molecule has 28 heavy (non-hydrogen) atoms. The molecule has 1 atom stereocenters. The van der Waals surface area contributed by atoms with Crippen LogP contribution < -0.4 is 5.32 Å². The Labute approximate surface area is 171 Å². The van der Waals surface area contributed by atoms with Crippen molar-refractivity contribution in [2.75, 3.05) is 6.54 Å². The predicted octanol–water partition coefficient (Wildman–Crippen LogP) is 4.41. The summed E-state index contributed by atoms with van der Waals surface area (Å²) in [7, 11) is 0. The van der Waals surface area contributed by atoms with Crippen LogP contribution in [0.15, 0.2) is 48.5 Å². The molecule has 0 aliphatic carbocycles. The summed E-state index contributed by atoms with van der Waals surface area (Å²) in [4.78, 5) is 37.0. The number of thiophene rings is 1. The Morgan fingerprint density at radius 1 is 1.11 bits per heavy atom. The van der Waals surface area contributed by atoms with Crippen molar-refractivity contribution in [1.82, 2.24) is 5.32 Å². The summed E-state index contributed by atoms with van der Waals surface area (Å²) in [6, 6.07) is 14.4. The average Bonchev–Trinajstić information content (AvgIpc) is 3.03. The molecule has 0 radical (unpaired) electrons. The first kappa shape index (κ1) is 20.0. The summed E-state index contributed by atoms with van der Waals surface area (Å²) in [5, 5.41) is 3.64. The standard InChI is InChI=1S/C21H18ClNO4S/c1-12-7-9-14(10-8-12)19(25)13(2)27-17(24)11-23-21(26)20-18(22)15-5-3-4-6-16(15)28-20/h3-10,13H,11H2,1-2H3,(H,23,26)/t13-/m1/s1. The Morgan fingerprint density at radius 3 is 2.46 bits per heavy atom. The summed E-state index contributed by atoms with van der Waals surface area (Å²) < 4.78 is 6.03. The molecule has 0 spiro atoms. The number of carbonyl (C=O) groups is 3. The smallest absolute Gasteiger partial charge is 0.326 e. The van der Waals surface area contributed by atoms with Crippen LogP contribution in [0.1, 0.15) is 32.5 Å². The van der Waals surface area contributed by atoms with Crippen LogP contribution in [-0.2, 0) is 9.53 Å². The third-order valence-electron chi connectivity index (χ3n) is 4.15. The third-order valence-corrected chi connectivity index (χ3v) is 5.82. The van der Waals surface area contributed by atoms with E-state index in [9.17, 15) is 14.4 Å². The van der Waals surface area contributed by atoms with Gasteiger partial charge in [0.25, 0.3) is 5.91 Å². The topological polar surface area (TPSA) is 72.5 Å². The second-order valence-electron chi connectivity index (χ2n) is 6.29. The second kappa shape index (κ2) is 8.54. The van der Waals surface area contributed by atoms with E-state index < -0.39 is 18.0 Å². The van der Waals surface area contributed by atoms with Gasteiger partial charge in [-0.15, -0.1) is 11.3 Å². The first-order valence-corrected chi connectivity index (χ1v) is 9.82. The minimum atomic E-state index is -0.944. The van der Waals surface area contributed by atoms with Crippen molar-refractivity contribution in [3.8, 4) is 0 Å². The first-order valence-electron chi connectivity index (χ1n) is 8.62. The molecule has 0 unspecified atom stereocenters. The lowest BCUT2D eigenvalue weighted by molar-refractivity contribution is -0.145. The van der Waals surface area contributed by atoms with Crippen LogP contribution in [0.3, 0.4) is 0 Å². The third kappa shape index (κ3) is 4.40. The molecule has 0 aliphatic rings. The maximum atomic E-state index is 12.4. The molecule has 1 aromatic heterocycles. The maximum Gasteiger partial charge on any atom is 0.326 e. The molecule has 0 bridgehead atoms. The average molecular weight is 416 g/mol. The SMILES string of the molecule is Cc1ccc(C(=O)[C@@H](C)OC(=O)CNC(=O)c2sc3ccccc3c2Cl)cc1. The van der Waals surface area contributed by atoms with Gasteiger partial charge in [0, 0.05) is 15.6 Å². The normalized spacial score (nSPS) is 11.8. The highest BCUT2D eigenvalue weighted by molar-refractivity contribution is 7.21. The van der Waals surface area contributed by atoms with Gasteiger partial charge in [-0.1, -0.05) is 59.6 Å². The van der Waals surface area contributed by atoms with E-state index in [1.54, 1.807) is 12.1 Å². The highest BCUT2D eigenvalue weighted by Gasteiger charge is 2.21. The number of carbonyl (C=O) groups excluding carboxylic acids is 3. The van der Waals surface area contributed by atoms with Gasteiger partial charge in [0.05, 0.1) is 5.02 Å². The van der Waals surface area contributed by atoms with E-state index in [1.165, 1.54) is 18.3 Å². The monoisotopic (exact) mass is 415 g/mol. The molecule has 7 heteroatoms. The van der Waals surface area contributed by atoms with Crippen molar-refractivity contribution in [1.29, 1.82) is 0 Å². The summed E-state index contributed by atoms with van der Waals surface area (Å²) in [6.45, 7) is 3.07. The zero-order valence-corrected chi connectivity index (χ0v) is 16.9. The van der Waals surface area contributed by atoms with Crippen LogP contribution in [0.2, 0.25) is 5.02 Å². The van der Waals surface area contributed by atoms with Crippen molar-refractivity contribution in [3.63, 3.8) is 0 Å². The molecule has 0 saturated carbocycles. The summed E-state index contributed by atoms with van der Waals surface area (Å²) >= 11 is 7.51. The molecule has 1 heterocycles. The van der Waals surface area contributed by atoms with Gasteiger partial charge < -0.3 is 10.1 Å². The number of ketones is 1. The van der Waals surface area contributed by atoms with Crippen molar-refractivity contribution in [2.45, 2.75) is 20.0 Å². The number of hydrogen-bond donors (Lipinski definition) is 1. The maximum absolute atomic E-state index is 12.4. The zero-order valence-electron chi connectivity index (χ0n) is 15.3. The fourth-order valence-corrected chi connectivity index (χ4v) is 4.07. The number of esters is 1. The molecular weight excluding hydrogens is 398 g/mol. The Balaban J connectivity index is 1.57. The lowest BCUT2D eigenvalue weighted by atomic mass is 10.1. The molecule has 0 aliphatic heterocycles. The summed E-state index contributed by atoms with van der Waals surface area (Å²) in [5.74, 6) is -1.45. The second-order valence-corrected chi connectivity index (χ2v) is 7.72. The Hall–Kier alpha value is -2.70. The van der Waals surface area contributed by atoms with E-state index in [0.717, 1.165) is 15.6 Å². The van der Waals surface area contributed by atoms with Gasteiger partial charge in [-0.2, -0.15) is 0 Å². The van der Waals surface area contributed by atoms with Crippen molar-refractivity contribution >= 4 is 50.7 Å². The van der Waals surface area contributed by atoms with E-state index in [1.807, 2.05) is 43.3 Å². The van der Waals surface area contributed by atoms with Crippen LogP contribution in [-0.4, -0.2) is 30.3 Å². The number of nitrogens with one attached hydrogen (secondary N) is 1. The van der Waals surface area contributed by atoms with E-state index in [0.29, 0.717) is 15.5 Å². The number of aryl methyl sites for hydroxylation is 1. The van der Waals surface area contributed by atoms with Gasteiger partial charge in [-0.05, 0) is 19.9 Å². The zero-order chi connectivity index (χ0) is 20.3.